The van der Waals surface area contributed by atoms with Crippen molar-refractivity contribution in [1.29, 1.82) is 0 Å². The summed E-state index contributed by atoms with van der Waals surface area (Å²) in [6.07, 6.45) is -0.752. The first-order valence-corrected chi connectivity index (χ1v) is 6.38. The van der Waals surface area contributed by atoms with Gasteiger partial charge < -0.3 is 10.2 Å². The van der Waals surface area contributed by atoms with E-state index in [0.717, 1.165) is 0 Å². The van der Waals surface area contributed by atoms with Crippen LogP contribution >= 0.6 is 0 Å². The van der Waals surface area contributed by atoms with E-state index in [0.29, 0.717) is 0 Å². The number of rotatable bonds is 2. The summed E-state index contributed by atoms with van der Waals surface area (Å²) in [5, 5.41) is 18.8. The maximum Gasteiger partial charge on any atom is 0.205 e. The molecule has 0 bridgehead atoms. The van der Waals surface area contributed by atoms with E-state index in [1.165, 1.54) is 18.2 Å². The van der Waals surface area contributed by atoms with Gasteiger partial charge in [0.25, 0.3) is 0 Å². The van der Waals surface area contributed by atoms with Gasteiger partial charge in [-0.25, -0.2) is 8.42 Å². The Morgan fingerprint density at radius 3 is 2.25 bits per heavy atom. The van der Waals surface area contributed by atoms with Crippen LogP contribution in [-0.2, 0) is 9.84 Å². The predicted molar refractivity (Wildman–Crippen MR) is 58.3 cm³/mol. The average Bonchev–Trinajstić information content (AvgIpc) is 2.60. The number of benzene rings is 1. The van der Waals surface area contributed by atoms with Gasteiger partial charge in [-0.15, -0.1) is 0 Å². The molecule has 0 fully saturated rings. The minimum atomic E-state index is -3.67. The standard InChI is InChI=1S/C11H12O4S/c12-8-6-10(13)11(7-8)16(14,15)9-4-2-1-3-5-9/h1-5,7-8,10,12-13H,6H2/t8-,10+/m1/s1. The Balaban J connectivity index is 2.45. The molecular formula is C11H12O4S. The Bertz CT molecular complexity index is 504. The van der Waals surface area contributed by atoms with E-state index < -0.39 is 22.0 Å². The normalized spacial score (nSPS) is 25.5. The van der Waals surface area contributed by atoms with E-state index in [1.807, 2.05) is 0 Å². The van der Waals surface area contributed by atoms with Gasteiger partial charge in [0.05, 0.1) is 22.0 Å². The fraction of sp³-hybridized carbons (Fsp3) is 0.273. The van der Waals surface area contributed by atoms with Gasteiger partial charge in [-0.2, -0.15) is 0 Å². The van der Waals surface area contributed by atoms with Gasteiger partial charge >= 0.3 is 0 Å². The first-order valence-electron chi connectivity index (χ1n) is 4.90. The molecule has 0 saturated heterocycles. The van der Waals surface area contributed by atoms with Gasteiger partial charge in [0.1, 0.15) is 0 Å². The Morgan fingerprint density at radius 1 is 1.12 bits per heavy atom. The zero-order valence-corrected chi connectivity index (χ0v) is 9.26. The molecule has 2 N–H and O–H groups in total. The molecule has 86 valence electrons. The van der Waals surface area contributed by atoms with Gasteiger partial charge in [0.2, 0.25) is 9.84 Å². The quantitative estimate of drug-likeness (QED) is 0.788. The van der Waals surface area contributed by atoms with Crippen molar-refractivity contribution in [2.75, 3.05) is 0 Å². The molecule has 0 aliphatic heterocycles. The molecule has 0 unspecified atom stereocenters. The van der Waals surface area contributed by atoms with Crippen LogP contribution in [0.25, 0.3) is 0 Å². The van der Waals surface area contributed by atoms with Crippen LogP contribution in [0.2, 0.25) is 0 Å². The van der Waals surface area contributed by atoms with Gasteiger partial charge in [0, 0.05) is 6.42 Å². The summed E-state index contributed by atoms with van der Waals surface area (Å²) in [5.41, 5.74) is 0. The minimum Gasteiger partial charge on any atom is -0.389 e. The zero-order valence-electron chi connectivity index (χ0n) is 8.45. The molecule has 1 aliphatic carbocycles. The molecular weight excluding hydrogens is 228 g/mol. The van der Waals surface area contributed by atoms with Crippen LogP contribution in [-0.4, -0.2) is 30.8 Å². The Labute approximate surface area is 93.8 Å². The fourth-order valence-corrected chi connectivity index (χ4v) is 3.30. The summed E-state index contributed by atoms with van der Waals surface area (Å²) in [7, 11) is -3.67. The lowest BCUT2D eigenvalue weighted by molar-refractivity contribution is 0.150. The number of hydrogen-bond donors (Lipinski definition) is 2. The lowest BCUT2D eigenvalue weighted by atomic mass is 10.3. The molecule has 5 heteroatoms. The Kier molecular flexibility index (Phi) is 2.84. The van der Waals surface area contributed by atoms with Crippen molar-refractivity contribution < 1.29 is 18.6 Å². The van der Waals surface area contributed by atoms with Gasteiger partial charge in [0.15, 0.2) is 0 Å². The lowest BCUT2D eigenvalue weighted by Gasteiger charge is -2.09. The molecule has 2 rings (SSSR count). The van der Waals surface area contributed by atoms with E-state index in [1.54, 1.807) is 18.2 Å². The summed E-state index contributed by atoms with van der Waals surface area (Å²) in [6, 6.07) is 7.88. The Morgan fingerprint density at radius 2 is 1.75 bits per heavy atom. The van der Waals surface area contributed by atoms with Crippen LogP contribution in [0, 0.1) is 0 Å². The van der Waals surface area contributed by atoms with Crippen LogP contribution in [0.15, 0.2) is 46.2 Å². The maximum absolute atomic E-state index is 12.1. The molecule has 0 radical (unpaired) electrons. The molecule has 16 heavy (non-hydrogen) atoms. The van der Waals surface area contributed by atoms with Gasteiger partial charge in [-0.1, -0.05) is 18.2 Å². The molecule has 0 spiro atoms. The Hall–Kier alpha value is -1.17. The van der Waals surface area contributed by atoms with E-state index >= 15 is 0 Å². The number of aliphatic hydroxyl groups is 2. The topological polar surface area (TPSA) is 74.6 Å². The predicted octanol–water partition coefficient (Wildman–Crippen LogP) is 0.470. The summed E-state index contributed by atoms with van der Waals surface area (Å²) in [5.74, 6) is 0. The molecule has 0 heterocycles. The van der Waals surface area contributed by atoms with E-state index in [9.17, 15) is 18.6 Å². The third kappa shape index (κ3) is 1.89. The molecule has 0 aromatic heterocycles. The number of hydrogen-bond acceptors (Lipinski definition) is 4. The second-order valence-electron chi connectivity index (χ2n) is 3.70. The fourth-order valence-electron chi connectivity index (χ4n) is 1.72. The highest BCUT2D eigenvalue weighted by molar-refractivity contribution is 7.95. The molecule has 1 aromatic rings. The molecule has 0 saturated carbocycles. The van der Waals surface area contributed by atoms with Crippen LogP contribution in [0.4, 0.5) is 0 Å². The molecule has 1 aromatic carbocycles. The second kappa shape index (κ2) is 4.01. The van der Waals surface area contributed by atoms with Crippen LogP contribution < -0.4 is 0 Å². The minimum absolute atomic E-state index is 0.0431. The third-order valence-corrected chi connectivity index (χ3v) is 4.44. The summed E-state index contributed by atoms with van der Waals surface area (Å²) >= 11 is 0. The first kappa shape index (κ1) is 11.3. The third-order valence-electron chi connectivity index (χ3n) is 2.51. The van der Waals surface area contributed by atoms with Crippen molar-refractivity contribution in [1.82, 2.24) is 0 Å². The average molecular weight is 240 g/mol. The van der Waals surface area contributed by atoms with Crippen molar-refractivity contribution in [2.24, 2.45) is 0 Å². The smallest absolute Gasteiger partial charge is 0.205 e. The van der Waals surface area contributed by atoms with Crippen molar-refractivity contribution in [3.8, 4) is 0 Å². The highest BCUT2D eigenvalue weighted by Crippen LogP contribution is 2.29. The van der Waals surface area contributed by atoms with Gasteiger partial charge in [-0.3, -0.25) is 0 Å². The zero-order chi connectivity index (χ0) is 11.8. The number of sulfone groups is 1. The maximum atomic E-state index is 12.1. The SMILES string of the molecule is O=S(=O)(C1=C[C@H](O)C[C@@H]1O)c1ccccc1. The molecule has 0 amide bonds. The highest BCUT2D eigenvalue weighted by Gasteiger charge is 2.33. The monoisotopic (exact) mass is 240 g/mol. The molecule has 1 aliphatic rings. The largest absolute Gasteiger partial charge is 0.389 e. The van der Waals surface area contributed by atoms with Crippen molar-refractivity contribution in [3.63, 3.8) is 0 Å². The number of aliphatic hydroxyl groups excluding tert-OH is 2. The van der Waals surface area contributed by atoms with Crippen LogP contribution in [0.3, 0.4) is 0 Å². The molecule has 4 nitrogen and oxygen atoms in total. The van der Waals surface area contributed by atoms with Crippen LogP contribution in [0.5, 0.6) is 0 Å². The van der Waals surface area contributed by atoms with E-state index in [4.69, 9.17) is 0 Å². The van der Waals surface area contributed by atoms with E-state index in [-0.39, 0.29) is 16.2 Å². The lowest BCUT2D eigenvalue weighted by Crippen LogP contribution is -2.15. The second-order valence-corrected chi connectivity index (χ2v) is 5.65. The van der Waals surface area contributed by atoms with Crippen molar-refractivity contribution in [3.05, 3.63) is 41.3 Å². The van der Waals surface area contributed by atoms with Gasteiger partial charge in [-0.05, 0) is 18.2 Å². The summed E-state index contributed by atoms with van der Waals surface area (Å²) in [4.78, 5) is 0.0283. The van der Waals surface area contributed by atoms with Crippen molar-refractivity contribution >= 4 is 9.84 Å². The highest BCUT2D eigenvalue weighted by atomic mass is 32.2. The van der Waals surface area contributed by atoms with Crippen LogP contribution in [0.1, 0.15) is 6.42 Å². The molecule has 2 atom stereocenters. The first-order chi connectivity index (χ1) is 7.51. The summed E-state index contributed by atoms with van der Waals surface area (Å²) in [6.45, 7) is 0. The van der Waals surface area contributed by atoms with Crippen molar-refractivity contribution in [2.45, 2.75) is 23.5 Å². The summed E-state index contributed by atoms with van der Waals surface area (Å²) < 4.78 is 24.1. The van der Waals surface area contributed by atoms with E-state index in [2.05, 4.69) is 0 Å².